The number of carbonyl (C=O) groups is 1. The largest absolute Gasteiger partial charge is 0.465 e. The first-order valence-corrected chi connectivity index (χ1v) is 8.10. The van der Waals surface area contributed by atoms with Gasteiger partial charge in [0.15, 0.2) is 0 Å². The van der Waals surface area contributed by atoms with E-state index >= 15 is 0 Å². The van der Waals surface area contributed by atoms with Gasteiger partial charge in [0.05, 0.1) is 13.2 Å². The molecule has 5 nitrogen and oxygen atoms in total. The summed E-state index contributed by atoms with van der Waals surface area (Å²) in [7, 11) is 1.70. The van der Waals surface area contributed by atoms with E-state index in [1.807, 2.05) is 13.8 Å². The highest BCUT2D eigenvalue weighted by Crippen LogP contribution is 2.14. The average Bonchev–Trinajstić information content (AvgIpc) is 2.48. The fourth-order valence-corrected chi connectivity index (χ4v) is 2.21. The summed E-state index contributed by atoms with van der Waals surface area (Å²) >= 11 is 0. The Labute approximate surface area is 130 Å². The maximum atomic E-state index is 12.3. The number of methoxy groups -OCH3 is 1. The standard InChI is InChI=1S/C16H34N2O3/c1-7-10-17-16(5,15(19)21-9-3)13-18(11-12-20-6)14(4)8-2/h14,17H,7-13H2,1-6H3. The SMILES string of the molecule is CCCNC(C)(CN(CCOC)C(C)CC)C(=O)OCC. The van der Waals surface area contributed by atoms with Gasteiger partial charge in [0.1, 0.15) is 5.54 Å². The molecular weight excluding hydrogens is 268 g/mol. The number of ether oxygens (including phenoxy) is 2. The first kappa shape index (κ1) is 20.3. The zero-order chi connectivity index (χ0) is 16.3. The highest BCUT2D eigenvalue weighted by Gasteiger charge is 2.36. The first-order chi connectivity index (χ1) is 9.95. The fraction of sp³-hybridized carbons (Fsp3) is 0.938. The Morgan fingerprint density at radius 2 is 2.00 bits per heavy atom. The number of nitrogens with one attached hydrogen (secondary N) is 1. The van der Waals surface area contributed by atoms with Crippen LogP contribution in [0.2, 0.25) is 0 Å². The van der Waals surface area contributed by atoms with E-state index in [2.05, 4.69) is 31.0 Å². The molecule has 0 aromatic heterocycles. The van der Waals surface area contributed by atoms with Crippen molar-refractivity contribution in [2.24, 2.45) is 0 Å². The second-order valence-electron chi connectivity index (χ2n) is 5.70. The Kier molecular flexibility index (Phi) is 10.6. The maximum Gasteiger partial charge on any atom is 0.327 e. The molecule has 0 aromatic rings. The number of esters is 1. The fourth-order valence-electron chi connectivity index (χ4n) is 2.21. The van der Waals surface area contributed by atoms with E-state index in [4.69, 9.17) is 9.47 Å². The topological polar surface area (TPSA) is 50.8 Å². The van der Waals surface area contributed by atoms with E-state index in [-0.39, 0.29) is 5.97 Å². The predicted octanol–water partition coefficient (Wildman–Crippen LogP) is 2.05. The van der Waals surface area contributed by atoms with Crippen LogP contribution in [-0.4, -0.2) is 62.4 Å². The third-order valence-corrected chi connectivity index (χ3v) is 3.81. The number of hydrogen-bond acceptors (Lipinski definition) is 5. The van der Waals surface area contributed by atoms with Crippen molar-refractivity contribution in [3.63, 3.8) is 0 Å². The Morgan fingerprint density at radius 3 is 2.48 bits per heavy atom. The summed E-state index contributed by atoms with van der Waals surface area (Å²) in [5.41, 5.74) is -0.677. The summed E-state index contributed by atoms with van der Waals surface area (Å²) in [6.07, 6.45) is 2.02. The molecule has 2 atom stereocenters. The van der Waals surface area contributed by atoms with Crippen LogP contribution in [0.4, 0.5) is 0 Å². The van der Waals surface area contributed by atoms with E-state index in [1.54, 1.807) is 7.11 Å². The highest BCUT2D eigenvalue weighted by molar-refractivity contribution is 5.80. The molecule has 126 valence electrons. The van der Waals surface area contributed by atoms with Crippen LogP contribution in [-0.2, 0) is 14.3 Å². The van der Waals surface area contributed by atoms with Gasteiger partial charge >= 0.3 is 5.97 Å². The lowest BCUT2D eigenvalue weighted by Gasteiger charge is -2.37. The molecule has 21 heavy (non-hydrogen) atoms. The maximum absolute atomic E-state index is 12.3. The zero-order valence-electron chi connectivity index (χ0n) is 14.7. The Balaban J connectivity index is 4.96. The van der Waals surface area contributed by atoms with Gasteiger partial charge in [-0.2, -0.15) is 0 Å². The molecule has 1 N–H and O–H groups in total. The van der Waals surface area contributed by atoms with Crippen molar-refractivity contribution in [1.82, 2.24) is 10.2 Å². The van der Waals surface area contributed by atoms with Crippen LogP contribution in [0, 0.1) is 0 Å². The minimum absolute atomic E-state index is 0.177. The summed E-state index contributed by atoms with van der Waals surface area (Å²) in [6, 6.07) is 0.400. The van der Waals surface area contributed by atoms with Gasteiger partial charge in [-0.1, -0.05) is 13.8 Å². The molecule has 0 aliphatic heterocycles. The van der Waals surface area contributed by atoms with E-state index in [1.165, 1.54) is 0 Å². The minimum Gasteiger partial charge on any atom is -0.465 e. The zero-order valence-corrected chi connectivity index (χ0v) is 14.7. The molecule has 0 spiro atoms. The van der Waals surface area contributed by atoms with Crippen LogP contribution in [0.25, 0.3) is 0 Å². The Morgan fingerprint density at radius 1 is 1.33 bits per heavy atom. The van der Waals surface area contributed by atoms with Crippen LogP contribution in [0.5, 0.6) is 0 Å². The van der Waals surface area contributed by atoms with Crippen molar-refractivity contribution in [2.75, 3.05) is 40.0 Å². The molecule has 0 aliphatic carbocycles. The molecule has 0 fully saturated rings. The van der Waals surface area contributed by atoms with Crippen molar-refractivity contribution in [2.45, 2.75) is 59.0 Å². The van der Waals surface area contributed by atoms with Crippen molar-refractivity contribution in [1.29, 1.82) is 0 Å². The molecule has 0 rings (SSSR count). The molecule has 0 heterocycles. The van der Waals surface area contributed by atoms with Gasteiger partial charge in [-0.05, 0) is 40.2 Å². The molecule has 0 saturated carbocycles. The first-order valence-electron chi connectivity index (χ1n) is 8.10. The lowest BCUT2D eigenvalue weighted by Crippen LogP contribution is -2.59. The average molecular weight is 302 g/mol. The molecule has 0 bridgehead atoms. The lowest BCUT2D eigenvalue weighted by atomic mass is 10.00. The normalized spacial score (nSPS) is 15.8. The molecule has 0 saturated heterocycles. The van der Waals surface area contributed by atoms with Gasteiger partial charge in [0.25, 0.3) is 0 Å². The number of nitrogens with zero attached hydrogens (tertiary/aromatic N) is 1. The van der Waals surface area contributed by atoms with Crippen LogP contribution in [0.15, 0.2) is 0 Å². The van der Waals surface area contributed by atoms with Crippen molar-refractivity contribution in [3.8, 4) is 0 Å². The summed E-state index contributed by atoms with van der Waals surface area (Å²) in [5.74, 6) is -0.177. The van der Waals surface area contributed by atoms with Crippen LogP contribution in [0.3, 0.4) is 0 Å². The smallest absolute Gasteiger partial charge is 0.327 e. The molecule has 0 aromatic carbocycles. The summed E-state index contributed by atoms with van der Waals surface area (Å²) in [4.78, 5) is 14.6. The van der Waals surface area contributed by atoms with Crippen LogP contribution < -0.4 is 5.32 Å². The second kappa shape index (κ2) is 11.0. The van der Waals surface area contributed by atoms with Gasteiger partial charge in [0.2, 0.25) is 0 Å². The van der Waals surface area contributed by atoms with Gasteiger partial charge in [-0.25, -0.2) is 0 Å². The van der Waals surface area contributed by atoms with E-state index < -0.39 is 5.54 Å². The second-order valence-corrected chi connectivity index (χ2v) is 5.70. The van der Waals surface area contributed by atoms with Gasteiger partial charge < -0.3 is 14.8 Å². The third-order valence-electron chi connectivity index (χ3n) is 3.81. The molecule has 2 unspecified atom stereocenters. The molecular formula is C16H34N2O3. The van der Waals surface area contributed by atoms with E-state index in [9.17, 15) is 4.79 Å². The molecule has 0 aliphatic rings. The van der Waals surface area contributed by atoms with Crippen LogP contribution in [0.1, 0.15) is 47.5 Å². The highest BCUT2D eigenvalue weighted by atomic mass is 16.5. The number of carbonyl (C=O) groups excluding carboxylic acids is 1. The summed E-state index contributed by atoms with van der Waals surface area (Å²) in [6.45, 7) is 13.5. The number of rotatable bonds is 12. The van der Waals surface area contributed by atoms with Crippen molar-refractivity contribution in [3.05, 3.63) is 0 Å². The van der Waals surface area contributed by atoms with Crippen LogP contribution >= 0.6 is 0 Å². The molecule has 5 heteroatoms. The van der Waals surface area contributed by atoms with Gasteiger partial charge in [-0.15, -0.1) is 0 Å². The summed E-state index contributed by atoms with van der Waals surface area (Å²) in [5, 5.41) is 3.36. The Hall–Kier alpha value is -0.650. The third kappa shape index (κ3) is 7.25. The number of hydrogen-bond donors (Lipinski definition) is 1. The minimum atomic E-state index is -0.677. The quantitative estimate of drug-likeness (QED) is 0.559. The van der Waals surface area contributed by atoms with Gasteiger partial charge in [-0.3, -0.25) is 9.69 Å². The molecule has 0 amide bonds. The summed E-state index contributed by atoms with van der Waals surface area (Å²) < 4.78 is 10.5. The monoisotopic (exact) mass is 302 g/mol. The predicted molar refractivity (Wildman–Crippen MR) is 86.5 cm³/mol. The van der Waals surface area contributed by atoms with E-state index in [0.717, 1.165) is 25.9 Å². The van der Waals surface area contributed by atoms with Crippen molar-refractivity contribution >= 4 is 5.97 Å². The Bertz CT molecular complexity index is 287. The molecule has 0 radical (unpaired) electrons. The lowest BCUT2D eigenvalue weighted by molar-refractivity contribution is -0.151. The van der Waals surface area contributed by atoms with E-state index in [0.29, 0.717) is 25.8 Å². The van der Waals surface area contributed by atoms with Crippen molar-refractivity contribution < 1.29 is 14.3 Å². The van der Waals surface area contributed by atoms with Gasteiger partial charge in [0, 0.05) is 26.2 Å².